The summed E-state index contributed by atoms with van der Waals surface area (Å²) in [6.07, 6.45) is 1.34. The molecular weight excluding hydrogens is 260 g/mol. The third kappa shape index (κ3) is 2.64. The number of anilines is 2. The van der Waals surface area contributed by atoms with Crippen LogP contribution in [0.4, 0.5) is 11.4 Å². The molecule has 0 saturated heterocycles. The fourth-order valence-electron chi connectivity index (χ4n) is 2.86. The predicted octanol–water partition coefficient (Wildman–Crippen LogP) is 3.02. The monoisotopic (exact) mass is 280 g/mol. The van der Waals surface area contributed by atoms with Gasteiger partial charge in [0.25, 0.3) is 0 Å². The molecule has 0 aliphatic carbocycles. The number of aryl methyl sites for hydroxylation is 2. The van der Waals surface area contributed by atoms with Gasteiger partial charge in [0.2, 0.25) is 5.91 Å². The molecule has 1 amide bonds. The summed E-state index contributed by atoms with van der Waals surface area (Å²) in [4.78, 5) is 14.4. The fraction of sp³-hybridized carbons (Fsp3) is 0.278. The third-order valence-corrected chi connectivity index (χ3v) is 4.23. The molecule has 108 valence electrons. The average molecular weight is 280 g/mol. The standard InChI is InChI=1S/C18H20N2O/c1-12-3-4-14(9-13(12)2)10-18(21)20-8-7-15-11-16(19)5-6-17(15)20/h3-6,9,11H,7-8,10,19H2,1-2H3. The van der Waals surface area contributed by atoms with Crippen molar-refractivity contribution in [3.05, 3.63) is 58.7 Å². The number of carbonyl (C=O) groups is 1. The molecule has 0 aromatic heterocycles. The van der Waals surface area contributed by atoms with Crippen LogP contribution in [0.25, 0.3) is 0 Å². The van der Waals surface area contributed by atoms with Crippen molar-refractivity contribution in [3.63, 3.8) is 0 Å². The SMILES string of the molecule is Cc1ccc(CC(=O)N2CCc3cc(N)ccc32)cc1C. The number of hydrogen-bond acceptors (Lipinski definition) is 2. The second-order valence-electron chi connectivity index (χ2n) is 5.78. The van der Waals surface area contributed by atoms with Crippen LogP contribution in [-0.2, 0) is 17.6 Å². The normalized spacial score (nSPS) is 13.3. The number of fused-ring (bicyclic) bond motifs is 1. The molecule has 1 aliphatic heterocycles. The first-order valence-corrected chi connectivity index (χ1v) is 7.29. The van der Waals surface area contributed by atoms with Gasteiger partial charge in [0.1, 0.15) is 0 Å². The maximum absolute atomic E-state index is 12.6. The lowest BCUT2D eigenvalue weighted by atomic mass is 10.0. The molecule has 2 aromatic carbocycles. The highest BCUT2D eigenvalue weighted by molar-refractivity contribution is 5.97. The van der Waals surface area contributed by atoms with Crippen molar-refractivity contribution in [2.45, 2.75) is 26.7 Å². The van der Waals surface area contributed by atoms with Gasteiger partial charge in [0, 0.05) is 17.9 Å². The molecule has 0 radical (unpaired) electrons. The molecule has 0 atom stereocenters. The van der Waals surface area contributed by atoms with Crippen LogP contribution in [0, 0.1) is 13.8 Å². The van der Waals surface area contributed by atoms with Crippen molar-refractivity contribution in [2.75, 3.05) is 17.2 Å². The van der Waals surface area contributed by atoms with Crippen molar-refractivity contribution in [3.8, 4) is 0 Å². The number of nitrogen functional groups attached to an aromatic ring is 1. The van der Waals surface area contributed by atoms with Crippen LogP contribution in [0.2, 0.25) is 0 Å². The summed E-state index contributed by atoms with van der Waals surface area (Å²) in [5.41, 5.74) is 12.3. The van der Waals surface area contributed by atoms with E-state index in [-0.39, 0.29) is 5.91 Å². The number of rotatable bonds is 2. The molecule has 2 N–H and O–H groups in total. The van der Waals surface area contributed by atoms with Crippen molar-refractivity contribution in [1.29, 1.82) is 0 Å². The summed E-state index contributed by atoms with van der Waals surface area (Å²) in [5.74, 6) is 0.154. The molecule has 0 saturated carbocycles. The van der Waals surface area contributed by atoms with E-state index in [1.54, 1.807) is 0 Å². The zero-order valence-corrected chi connectivity index (χ0v) is 12.5. The predicted molar refractivity (Wildman–Crippen MR) is 86.5 cm³/mol. The molecule has 0 spiro atoms. The van der Waals surface area contributed by atoms with Crippen LogP contribution in [0.15, 0.2) is 36.4 Å². The highest BCUT2D eigenvalue weighted by atomic mass is 16.2. The van der Waals surface area contributed by atoms with Crippen molar-refractivity contribution < 1.29 is 4.79 Å². The number of hydrogen-bond donors (Lipinski definition) is 1. The Morgan fingerprint density at radius 3 is 2.71 bits per heavy atom. The van der Waals surface area contributed by atoms with Gasteiger partial charge in [-0.15, -0.1) is 0 Å². The van der Waals surface area contributed by atoms with Crippen LogP contribution in [0.5, 0.6) is 0 Å². The van der Waals surface area contributed by atoms with E-state index in [0.29, 0.717) is 6.42 Å². The number of nitrogens with zero attached hydrogens (tertiary/aromatic N) is 1. The summed E-state index contributed by atoms with van der Waals surface area (Å²) in [5, 5.41) is 0. The van der Waals surface area contributed by atoms with E-state index in [1.165, 1.54) is 16.7 Å². The van der Waals surface area contributed by atoms with Gasteiger partial charge < -0.3 is 10.6 Å². The first-order valence-electron chi connectivity index (χ1n) is 7.29. The molecule has 2 aromatic rings. The Bertz CT molecular complexity index is 706. The smallest absolute Gasteiger partial charge is 0.231 e. The molecule has 1 heterocycles. The van der Waals surface area contributed by atoms with E-state index in [0.717, 1.165) is 29.9 Å². The van der Waals surface area contributed by atoms with Gasteiger partial charge in [0.15, 0.2) is 0 Å². The lowest BCUT2D eigenvalue weighted by Crippen LogP contribution is -2.30. The van der Waals surface area contributed by atoms with Gasteiger partial charge in [-0.05, 0) is 60.7 Å². The van der Waals surface area contributed by atoms with E-state index in [2.05, 4.69) is 26.0 Å². The third-order valence-electron chi connectivity index (χ3n) is 4.23. The Morgan fingerprint density at radius 1 is 1.14 bits per heavy atom. The molecule has 0 bridgehead atoms. The molecule has 0 fully saturated rings. The van der Waals surface area contributed by atoms with Gasteiger partial charge >= 0.3 is 0 Å². The lowest BCUT2D eigenvalue weighted by molar-refractivity contribution is -0.117. The summed E-state index contributed by atoms with van der Waals surface area (Å²) in [6, 6.07) is 12.0. The number of amides is 1. The zero-order valence-electron chi connectivity index (χ0n) is 12.5. The van der Waals surface area contributed by atoms with Crippen LogP contribution in [0.3, 0.4) is 0 Å². The first kappa shape index (κ1) is 13.7. The first-order chi connectivity index (χ1) is 10.0. The van der Waals surface area contributed by atoms with Gasteiger partial charge in [-0.3, -0.25) is 4.79 Å². The van der Waals surface area contributed by atoms with E-state index >= 15 is 0 Å². The Hall–Kier alpha value is -2.29. The fourth-order valence-corrected chi connectivity index (χ4v) is 2.86. The second kappa shape index (κ2) is 5.24. The van der Waals surface area contributed by atoms with Crippen LogP contribution >= 0.6 is 0 Å². The average Bonchev–Trinajstić information content (AvgIpc) is 2.85. The van der Waals surface area contributed by atoms with Crippen molar-refractivity contribution in [2.24, 2.45) is 0 Å². The minimum absolute atomic E-state index is 0.154. The van der Waals surface area contributed by atoms with E-state index in [1.807, 2.05) is 29.2 Å². The second-order valence-corrected chi connectivity index (χ2v) is 5.78. The summed E-state index contributed by atoms with van der Waals surface area (Å²) in [7, 11) is 0. The van der Waals surface area contributed by atoms with Crippen LogP contribution in [0.1, 0.15) is 22.3 Å². The topological polar surface area (TPSA) is 46.3 Å². The Labute approximate surface area is 125 Å². The van der Waals surface area contributed by atoms with E-state index in [4.69, 9.17) is 5.73 Å². The number of nitrogens with two attached hydrogens (primary N) is 1. The van der Waals surface area contributed by atoms with Gasteiger partial charge in [-0.25, -0.2) is 0 Å². The Morgan fingerprint density at radius 2 is 1.95 bits per heavy atom. The summed E-state index contributed by atoms with van der Waals surface area (Å²) in [6.45, 7) is 4.92. The molecular formula is C18H20N2O. The molecule has 3 heteroatoms. The highest BCUT2D eigenvalue weighted by Crippen LogP contribution is 2.30. The Balaban J connectivity index is 1.80. The minimum Gasteiger partial charge on any atom is -0.399 e. The molecule has 0 unspecified atom stereocenters. The molecule has 1 aliphatic rings. The van der Waals surface area contributed by atoms with Crippen molar-refractivity contribution >= 4 is 17.3 Å². The maximum Gasteiger partial charge on any atom is 0.231 e. The number of carbonyl (C=O) groups excluding carboxylic acids is 1. The maximum atomic E-state index is 12.6. The van der Waals surface area contributed by atoms with Crippen LogP contribution in [-0.4, -0.2) is 12.5 Å². The quantitative estimate of drug-likeness (QED) is 0.860. The van der Waals surface area contributed by atoms with Gasteiger partial charge in [0.05, 0.1) is 6.42 Å². The summed E-state index contributed by atoms with van der Waals surface area (Å²) >= 11 is 0. The zero-order chi connectivity index (χ0) is 15.0. The van der Waals surface area contributed by atoms with Crippen molar-refractivity contribution in [1.82, 2.24) is 0 Å². The number of benzene rings is 2. The van der Waals surface area contributed by atoms with E-state index < -0.39 is 0 Å². The lowest BCUT2D eigenvalue weighted by Gasteiger charge is -2.18. The van der Waals surface area contributed by atoms with E-state index in [9.17, 15) is 4.79 Å². The molecule has 3 rings (SSSR count). The van der Waals surface area contributed by atoms with Crippen LogP contribution < -0.4 is 10.6 Å². The van der Waals surface area contributed by atoms with Gasteiger partial charge in [-0.1, -0.05) is 18.2 Å². The van der Waals surface area contributed by atoms with Gasteiger partial charge in [-0.2, -0.15) is 0 Å². The molecule has 3 nitrogen and oxygen atoms in total. The molecule has 21 heavy (non-hydrogen) atoms. The highest BCUT2D eigenvalue weighted by Gasteiger charge is 2.24. The Kier molecular flexibility index (Phi) is 3.42. The largest absolute Gasteiger partial charge is 0.399 e. The summed E-state index contributed by atoms with van der Waals surface area (Å²) < 4.78 is 0. The minimum atomic E-state index is 0.154.